The molecule has 0 aromatic heterocycles. The molecule has 0 saturated heterocycles. The molecular formula is H4GaLiOSr. The van der Waals surface area contributed by atoms with Gasteiger partial charge in [-0.3, -0.25) is 0 Å². The van der Waals surface area contributed by atoms with Gasteiger partial charge in [0.1, 0.15) is 0 Å². The van der Waals surface area contributed by atoms with Gasteiger partial charge in [0, 0.05) is 0 Å². The van der Waals surface area contributed by atoms with Gasteiger partial charge in [-0.2, -0.15) is 0 Å². The van der Waals surface area contributed by atoms with E-state index in [1.54, 1.807) is 0 Å². The molecule has 0 aliphatic rings. The van der Waals surface area contributed by atoms with Gasteiger partial charge >= 0.3 is 86.4 Å². The van der Waals surface area contributed by atoms with Gasteiger partial charge in [-0.05, 0) is 0 Å². The van der Waals surface area contributed by atoms with Crippen LogP contribution in [0.3, 0.4) is 0 Å². The molecule has 0 unspecified atom stereocenters. The first-order chi connectivity index (χ1) is 1.00. The Kier molecular flexibility index (Phi) is 71.3. The van der Waals surface area contributed by atoms with Gasteiger partial charge in [0.25, 0.3) is 0 Å². The summed E-state index contributed by atoms with van der Waals surface area (Å²) in [7, 11) is 0. The first-order valence-electron chi connectivity index (χ1n) is 0.289. The van der Waals surface area contributed by atoms with Crippen LogP contribution in [0.25, 0.3) is 0 Å². The van der Waals surface area contributed by atoms with Crippen LogP contribution in [0.15, 0.2) is 0 Å². The predicted molar refractivity (Wildman–Crippen MR) is 23.5 cm³/mol. The molecule has 0 spiro atoms. The summed E-state index contributed by atoms with van der Waals surface area (Å²) >= 11 is 0.125. The van der Waals surface area contributed by atoms with Crippen molar-refractivity contribution in [3.8, 4) is 0 Å². The topological polar surface area (TPSA) is 17.1 Å². The molecule has 4 heavy (non-hydrogen) atoms. The van der Waals surface area contributed by atoms with Crippen LogP contribution in [0, 0.1) is 0 Å². The summed E-state index contributed by atoms with van der Waals surface area (Å²) in [5, 5.41) is 0. The summed E-state index contributed by atoms with van der Waals surface area (Å²) in [6.45, 7) is 0. The average molecular weight is 184 g/mol. The van der Waals surface area contributed by atoms with Crippen molar-refractivity contribution in [2.45, 2.75) is 0 Å². The maximum atomic E-state index is 8.38. The summed E-state index contributed by atoms with van der Waals surface area (Å²) in [5.41, 5.74) is 0. The number of hydrogen-bond donors (Lipinski definition) is 0. The second-order valence-electron chi connectivity index (χ2n) is 0. The molecule has 0 N–H and O–H groups in total. The fourth-order valence-corrected chi connectivity index (χ4v) is 0. The van der Waals surface area contributed by atoms with Crippen LogP contribution in [0.1, 0.15) is 0 Å². The van der Waals surface area contributed by atoms with E-state index in [9.17, 15) is 0 Å². The Bertz CT molecular complexity index is 8.00. The van der Waals surface area contributed by atoms with Crippen molar-refractivity contribution < 1.29 is 3.54 Å². The molecule has 0 amide bonds. The Labute approximate surface area is 84.5 Å². The van der Waals surface area contributed by atoms with Gasteiger partial charge in [0.15, 0.2) is 0 Å². The van der Waals surface area contributed by atoms with Crippen LogP contribution in [0.4, 0.5) is 0 Å². The van der Waals surface area contributed by atoms with Crippen molar-refractivity contribution >= 4 is 82.9 Å². The van der Waals surface area contributed by atoms with Crippen molar-refractivity contribution in [1.29, 1.82) is 0 Å². The summed E-state index contributed by atoms with van der Waals surface area (Å²) < 4.78 is 8.38. The van der Waals surface area contributed by atoms with Crippen molar-refractivity contribution in [2.24, 2.45) is 0 Å². The summed E-state index contributed by atoms with van der Waals surface area (Å²) in [6, 6.07) is 0. The van der Waals surface area contributed by atoms with Gasteiger partial charge in [-0.15, -0.1) is 0 Å². The van der Waals surface area contributed by atoms with E-state index in [4.69, 9.17) is 3.54 Å². The molecule has 0 radical (unpaired) electrons. The number of hydrogen-bond acceptors (Lipinski definition) is 1. The first-order valence-corrected chi connectivity index (χ1v) is 1.50. The van der Waals surface area contributed by atoms with Crippen LogP contribution in [-0.2, 0) is 3.54 Å². The van der Waals surface area contributed by atoms with Crippen LogP contribution in [-0.4, -0.2) is 82.9 Å². The Balaban J connectivity index is -0.00000000500. The zero-order valence-corrected chi connectivity index (χ0v) is 4.08. The average Bonchev–Trinajstić information content (AvgIpc) is 1.00. The molecule has 0 rings (SSSR count). The first kappa shape index (κ1) is 16.0. The van der Waals surface area contributed by atoms with E-state index in [2.05, 4.69) is 0 Å². The molecule has 0 heterocycles. The zero-order valence-electron chi connectivity index (χ0n) is 1.12. The normalized spacial score (nSPS) is 0.750. The van der Waals surface area contributed by atoms with Crippen molar-refractivity contribution in [3.63, 3.8) is 0 Å². The third-order valence-electron chi connectivity index (χ3n) is 0. The predicted octanol–water partition coefficient (Wildman–Crippen LogP) is -2.33. The molecule has 1 nitrogen and oxygen atoms in total. The molecule has 0 aromatic rings. The van der Waals surface area contributed by atoms with Gasteiger partial charge < -0.3 is 0 Å². The SMILES string of the molecule is [LiH].[O]=[GaH].[SrH2]. The monoisotopic (exact) mass is 184 g/mol. The van der Waals surface area contributed by atoms with Crippen LogP contribution in [0.5, 0.6) is 0 Å². The standard InChI is InChI=1S/Ga.Li.O.Sr.4H. The van der Waals surface area contributed by atoms with Crippen molar-refractivity contribution in [1.82, 2.24) is 0 Å². The van der Waals surface area contributed by atoms with Crippen molar-refractivity contribution in [3.05, 3.63) is 0 Å². The molecule has 0 aliphatic carbocycles. The van der Waals surface area contributed by atoms with Crippen LogP contribution < -0.4 is 0 Å². The second kappa shape index (κ2) is 17.8. The third kappa shape index (κ3) is 8.82. The minimum absolute atomic E-state index is 0. The van der Waals surface area contributed by atoms with E-state index < -0.39 is 0 Å². The Morgan fingerprint density at radius 1 is 1.25 bits per heavy atom. The fourth-order valence-electron chi connectivity index (χ4n) is 0. The maximum absolute atomic E-state index is 8.38. The Morgan fingerprint density at radius 3 is 1.25 bits per heavy atom. The van der Waals surface area contributed by atoms with Crippen LogP contribution in [0.2, 0.25) is 0 Å². The quantitative estimate of drug-likeness (QED) is 0.386. The molecule has 0 bridgehead atoms. The zero-order chi connectivity index (χ0) is 2.00. The van der Waals surface area contributed by atoms with Gasteiger partial charge in [0.05, 0.1) is 0 Å². The molecule has 4 heteroatoms. The molecule has 0 aliphatic heterocycles. The van der Waals surface area contributed by atoms with E-state index in [0.29, 0.717) is 0 Å². The molecule has 16 valence electrons. The third-order valence-corrected chi connectivity index (χ3v) is 0. The Hall–Kier alpha value is 2.51. The fraction of sp³-hybridized carbons (Fsp3) is 0. The van der Waals surface area contributed by atoms with E-state index in [-0.39, 0.29) is 82.9 Å². The second-order valence-corrected chi connectivity index (χ2v) is 0. The van der Waals surface area contributed by atoms with E-state index in [1.807, 2.05) is 0 Å². The van der Waals surface area contributed by atoms with E-state index in [1.165, 1.54) is 0 Å². The summed E-state index contributed by atoms with van der Waals surface area (Å²) in [6.07, 6.45) is 0. The van der Waals surface area contributed by atoms with E-state index >= 15 is 0 Å². The van der Waals surface area contributed by atoms with Gasteiger partial charge in [-0.25, -0.2) is 0 Å². The molecule has 0 aromatic carbocycles. The van der Waals surface area contributed by atoms with Crippen LogP contribution >= 0.6 is 0 Å². The van der Waals surface area contributed by atoms with Crippen molar-refractivity contribution in [2.75, 3.05) is 0 Å². The summed E-state index contributed by atoms with van der Waals surface area (Å²) in [5.74, 6) is 0. The minimum atomic E-state index is 0. The molecule has 0 atom stereocenters. The van der Waals surface area contributed by atoms with Gasteiger partial charge in [0.2, 0.25) is 0 Å². The molecule has 0 saturated carbocycles. The Morgan fingerprint density at radius 2 is 1.25 bits per heavy atom. The number of rotatable bonds is 0. The van der Waals surface area contributed by atoms with E-state index in [0.717, 1.165) is 0 Å². The molecule has 0 fully saturated rings. The summed E-state index contributed by atoms with van der Waals surface area (Å²) in [4.78, 5) is 0. The van der Waals surface area contributed by atoms with Gasteiger partial charge in [-0.1, -0.05) is 0 Å². The molecular weight excluding hydrogens is 180 g/mol.